The highest BCUT2D eigenvalue weighted by Gasteiger charge is 2.25. The maximum absolute atomic E-state index is 13.0. The molecule has 0 aliphatic carbocycles. The molecule has 0 aliphatic heterocycles. The van der Waals surface area contributed by atoms with Crippen LogP contribution in [0.5, 0.6) is 0 Å². The van der Waals surface area contributed by atoms with Crippen molar-refractivity contribution in [2.45, 2.75) is 63.1 Å². The number of carboxylic acids is 1. The van der Waals surface area contributed by atoms with E-state index in [2.05, 4.69) is 26.6 Å². The number of rotatable bonds is 20. The van der Waals surface area contributed by atoms with E-state index in [0.717, 1.165) is 0 Å². The van der Waals surface area contributed by atoms with Crippen molar-refractivity contribution >= 4 is 35.5 Å². The van der Waals surface area contributed by atoms with Crippen molar-refractivity contribution < 1.29 is 33.9 Å². The minimum Gasteiger partial charge on any atom is -0.480 e. The summed E-state index contributed by atoms with van der Waals surface area (Å²) in [6.07, 6.45) is 7.87. The molecule has 1 rings (SSSR count). The van der Waals surface area contributed by atoms with E-state index in [1.807, 2.05) is 5.92 Å². The standard InChI is InChI=1S/C28H41N7O7/c1-2-23(36)33-20(12-6-8-14-29)26(39)31-18-25(38)35-22(16-19-10-4-3-5-11-19)27(40)32-17-24(37)34-21(28(41)42)13-7-9-15-30/h1,3-5,10-11,20-22H,6-9,12-18,29-30H2,(H,31,39)(H,32,40)(H,33,36)(H,34,37)(H,35,38)(H,41,42)/t20?,21-,22-/m0/s1. The van der Waals surface area contributed by atoms with Crippen LogP contribution < -0.4 is 38.1 Å². The highest BCUT2D eigenvalue weighted by Crippen LogP contribution is 2.05. The van der Waals surface area contributed by atoms with E-state index in [9.17, 15) is 33.9 Å². The van der Waals surface area contributed by atoms with Gasteiger partial charge in [0.1, 0.15) is 18.1 Å². The van der Waals surface area contributed by atoms with Gasteiger partial charge in [-0.2, -0.15) is 0 Å². The van der Waals surface area contributed by atoms with Crippen LogP contribution in [-0.4, -0.2) is 84.9 Å². The Morgan fingerprint density at radius 3 is 1.74 bits per heavy atom. The summed E-state index contributed by atoms with van der Waals surface area (Å²) in [5.41, 5.74) is 11.6. The van der Waals surface area contributed by atoms with Crippen molar-refractivity contribution in [1.29, 1.82) is 0 Å². The number of benzene rings is 1. The predicted octanol–water partition coefficient (Wildman–Crippen LogP) is -2.11. The number of hydrogen-bond acceptors (Lipinski definition) is 8. The number of terminal acetylenes is 1. The Hall–Kier alpha value is -4.48. The molecule has 0 bridgehead atoms. The smallest absolute Gasteiger partial charge is 0.326 e. The van der Waals surface area contributed by atoms with Gasteiger partial charge in [0.05, 0.1) is 13.1 Å². The van der Waals surface area contributed by atoms with Crippen LogP contribution in [0.15, 0.2) is 30.3 Å². The van der Waals surface area contributed by atoms with E-state index >= 15 is 0 Å². The summed E-state index contributed by atoms with van der Waals surface area (Å²) in [6.45, 7) is -0.218. The fourth-order valence-corrected chi connectivity index (χ4v) is 3.84. The second-order valence-electron chi connectivity index (χ2n) is 9.44. The van der Waals surface area contributed by atoms with Crippen molar-refractivity contribution in [1.82, 2.24) is 26.6 Å². The van der Waals surface area contributed by atoms with Gasteiger partial charge >= 0.3 is 5.97 Å². The van der Waals surface area contributed by atoms with Crippen LogP contribution in [0.25, 0.3) is 0 Å². The maximum atomic E-state index is 13.0. The number of unbranched alkanes of at least 4 members (excludes halogenated alkanes) is 2. The van der Waals surface area contributed by atoms with Gasteiger partial charge in [-0.15, -0.1) is 6.42 Å². The fraction of sp³-hybridized carbons (Fsp3) is 0.500. The van der Waals surface area contributed by atoms with Gasteiger partial charge in [0.15, 0.2) is 0 Å². The topological polar surface area (TPSA) is 235 Å². The minimum atomic E-state index is -1.21. The van der Waals surface area contributed by atoms with Gasteiger partial charge in [0, 0.05) is 6.42 Å². The van der Waals surface area contributed by atoms with E-state index in [0.29, 0.717) is 44.3 Å². The first-order valence-corrected chi connectivity index (χ1v) is 13.7. The Kier molecular flexibility index (Phi) is 17.3. The number of nitrogens with one attached hydrogen (secondary N) is 5. The highest BCUT2D eigenvalue weighted by atomic mass is 16.4. The number of aliphatic carboxylic acids is 1. The monoisotopic (exact) mass is 587 g/mol. The Morgan fingerprint density at radius 1 is 0.738 bits per heavy atom. The average Bonchev–Trinajstić information content (AvgIpc) is 2.97. The van der Waals surface area contributed by atoms with Crippen molar-refractivity contribution in [3.63, 3.8) is 0 Å². The van der Waals surface area contributed by atoms with Gasteiger partial charge in [-0.3, -0.25) is 24.0 Å². The number of carbonyl (C=O) groups is 6. The Morgan fingerprint density at radius 2 is 1.24 bits per heavy atom. The lowest BCUT2D eigenvalue weighted by Crippen LogP contribution is -2.54. The Bertz CT molecular complexity index is 1090. The number of amides is 5. The van der Waals surface area contributed by atoms with Crippen molar-refractivity contribution in [2.24, 2.45) is 11.5 Å². The molecule has 3 atom stereocenters. The van der Waals surface area contributed by atoms with Crippen LogP contribution >= 0.6 is 0 Å². The highest BCUT2D eigenvalue weighted by molar-refractivity contribution is 5.97. The summed E-state index contributed by atoms with van der Waals surface area (Å²) in [4.78, 5) is 73.7. The summed E-state index contributed by atoms with van der Waals surface area (Å²) in [5.74, 6) is -2.84. The molecule has 0 saturated carbocycles. The first-order chi connectivity index (χ1) is 20.1. The number of hydrogen-bond donors (Lipinski definition) is 8. The second-order valence-corrected chi connectivity index (χ2v) is 9.44. The van der Waals surface area contributed by atoms with Crippen molar-refractivity contribution in [2.75, 3.05) is 26.2 Å². The molecular weight excluding hydrogens is 546 g/mol. The molecule has 0 heterocycles. The van der Waals surface area contributed by atoms with E-state index in [4.69, 9.17) is 17.9 Å². The summed E-state index contributed by atoms with van der Waals surface area (Å²) in [7, 11) is 0. The lowest BCUT2D eigenvalue weighted by Gasteiger charge is -2.20. The molecule has 0 aromatic heterocycles. The largest absolute Gasteiger partial charge is 0.480 e. The lowest BCUT2D eigenvalue weighted by atomic mass is 10.1. The summed E-state index contributed by atoms with van der Waals surface area (Å²) in [6, 6.07) is 5.57. The zero-order valence-corrected chi connectivity index (χ0v) is 23.5. The second kappa shape index (κ2) is 20.4. The zero-order chi connectivity index (χ0) is 31.3. The van der Waals surface area contributed by atoms with E-state index in [1.165, 1.54) is 0 Å². The average molecular weight is 588 g/mol. The third-order valence-corrected chi connectivity index (χ3v) is 6.06. The van der Waals surface area contributed by atoms with Crippen LogP contribution in [0.2, 0.25) is 0 Å². The van der Waals surface area contributed by atoms with Crippen LogP contribution in [0, 0.1) is 12.3 Å². The molecule has 1 aromatic rings. The lowest BCUT2D eigenvalue weighted by molar-refractivity contribution is -0.142. The molecule has 14 nitrogen and oxygen atoms in total. The van der Waals surface area contributed by atoms with E-state index in [1.54, 1.807) is 30.3 Å². The Balaban J connectivity index is 2.80. The molecule has 1 unspecified atom stereocenters. The van der Waals surface area contributed by atoms with Crippen LogP contribution in [0.1, 0.15) is 44.1 Å². The van der Waals surface area contributed by atoms with Crippen molar-refractivity contribution in [3.8, 4) is 12.3 Å². The number of nitrogens with two attached hydrogens (primary N) is 2. The molecule has 0 saturated heterocycles. The van der Waals surface area contributed by atoms with E-state index < -0.39 is 66.7 Å². The summed E-state index contributed by atoms with van der Waals surface area (Å²) in [5, 5.41) is 21.5. The molecule has 230 valence electrons. The first-order valence-electron chi connectivity index (χ1n) is 13.7. The maximum Gasteiger partial charge on any atom is 0.326 e. The van der Waals surface area contributed by atoms with Gasteiger partial charge in [-0.05, 0) is 63.1 Å². The predicted molar refractivity (Wildman–Crippen MR) is 154 cm³/mol. The number of carbonyl (C=O) groups excluding carboxylic acids is 5. The van der Waals surface area contributed by atoms with Crippen LogP contribution in [0.3, 0.4) is 0 Å². The first kappa shape index (κ1) is 35.5. The summed E-state index contributed by atoms with van der Waals surface area (Å²) >= 11 is 0. The van der Waals surface area contributed by atoms with Crippen LogP contribution in [0.4, 0.5) is 0 Å². The van der Waals surface area contributed by atoms with Gasteiger partial charge in [0.25, 0.3) is 5.91 Å². The SMILES string of the molecule is C#CC(=O)NC(CCCCN)C(=O)NCC(=O)N[C@@H](Cc1ccccc1)C(=O)NCC(=O)N[C@@H](CCCCN)C(=O)O. The molecule has 5 amide bonds. The molecule has 1 aromatic carbocycles. The van der Waals surface area contributed by atoms with Crippen molar-refractivity contribution in [3.05, 3.63) is 35.9 Å². The minimum absolute atomic E-state index is 0.0742. The molecule has 14 heteroatoms. The zero-order valence-electron chi connectivity index (χ0n) is 23.5. The van der Waals surface area contributed by atoms with Gasteiger partial charge in [0.2, 0.25) is 23.6 Å². The normalized spacial score (nSPS) is 12.5. The van der Waals surface area contributed by atoms with Gasteiger partial charge < -0.3 is 43.2 Å². The van der Waals surface area contributed by atoms with Gasteiger partial charge in [-0.25, -0.2) is 4.79 Å². The molecule has 0 aliphatic rings. The molecular formula is C28H41N7O7. The van der Waals surface area contributed by atoms with Crippen LogP contribution in [-0.2, 0) is 35.2 Å². The number of carboxylic acid groups (broad SMARTS) is 1. The van der Waals surface area contributed by atoms with E-state index in [-0.39, 0.29) is 19.3 Å². The third kappa shape index (κ3) is 14.8. The Labute approximate surface area is 245 Å². The fourth-order valence-electron chi connectivity index (χ4n) is 3.84. The quantitative estimate of drug-likeness (QED) is 0.0615. The molecule has 10 N–H and O–H groups in total. The summed E-state index contributed by atoms with van der Waals surface area (Å²) < 4.78 is 0. The van der Waals surface area contributed by atoms with Gasteiger partial charge in [-0.1, -0.05) is 30.3 Å². The molecule has 0 spiro atoms. The molecule has 0 radical (unpaired) electrons. The molecule has 42 heavy (non-hydrogen) atoms. The molecule has 0 fully saturated rings. The third-order valence-electron chi connectivity index (χ3n) is 6.06.